The van der Waals surface area contributed by atoms with E-state index >= 15 is 0 Å². The molecule has 0 fully saturated rings. The van der Waals surface area contributed by atoms with Crippen LogP contribution in [0.3, 0.4) is 0 Å². The Hall–Kier alpha value is -2.89. The SMILES string of the molecule is CCOC(=O)c1c(C)[nH]c(C(=O)C(C)OC(=O)c2c(C)cc(C)cc2C)c1C. The van der Waals surface area contributed by atoms with Gasteiger partial charge in [0.1, 0.15) is 0 Å². The third-order valence-electron chi connectivity index (χ3n) is 4.70. The van der Waals surface area contributed by atoms with Crippen LogP contribution in [0.15, 0.2) is 12.1 Å². The molecule has 0 aliphatic carbocycles. The fourth-order valence-corrected chi connectivity index (χ4v) is 3.48. The van der Waals surface area contributed by atoms with E-state index in [1.54, 1.807) is 20.8 Å². The first-order valence-electron chi connectivity index (χ1n) is 9.27. The standard InChI is InChI=1S/C22H27NO5/c1-8-27-21(25)18-14(5)19(23-15(18)6)20(24)16(7)28-22(26)17-12(3)9-11(2)10-13(17)4/h9-10,16,23H,8H2,1-7H3. The second-order valence-electron chi connectivity index (χ2n) is 7.03. The van der Waals surface area contributed by atoms with Gasteiger partial charge in [0, 0.05) is 5.69 Å². The number of nitrogens with one attached hydrogen (secondary N) is 1. The average Bonchev–Trinajstić information content (AvgIpc) is 2.87. The van der Waals surface area contributed by atoms with E-state index in [0.29, 0.717) is 22.4 Å². The van der Waals surface area contributed by atoms with Crippen LogP contribution in [0.1, 0.15) is 73.0 Å². The first-order chi connectivity index (χ1) is 13.1. The molecule has 0 saturated heterocycles. The first-order valence-corrected chi connectivity index (χ1v) is 9.27. The van der Waals surface area contributed by atoms with E-state index in [1.807, 2.05) is 32.9 Å². The molecule has 2 rings (SSSR count). The molecular weight excluding hydrogens is 358 g/mol. The smallest absolute Gasteiger partial charge is 0.340 e. The predicted octanol–water partition coefficient (Wildman–Crippen LogP) is 4.16. The zero-order chi connectivity index (χ0) is 21.2. The Kier molecular flexibility index (Phi) is 6.44. The van der Waals surface area contributed by atoms with Gasteiger partial charge in [-0.3, -0.25) is 4.79 Å². The van der Waals surface area contributed by atoms with Crippen molar-refractivity contribution in [2.45, 2.75) is 54.6 Å². The molecule has 0 spiro atoms. The van der Waals surface area contributed by atoms with Gasteiger partial charge in [-0.1, -0.05) is 17.7 Å². The molecule has 2 aromatic rings. The lowest BCUT2D eigenvalue weighted by Gasteiger charge is -2.15. The van der Waals surface area contributed by atoms with Gasteiger partial charge in [0.25, 0.3) is 0 Å². The quantitative estimate of drug-likeness (QED) is 0.596. The monoisotopic (exact) mass is 385 g/mol. The Morgan fingerprint density at radius 3 is 2.07 bits per heavy atom. The zero-order valence-electron chi connectivity index (χ0n) is 17.5. The van der Waals surface area contributed by atoms with Crippen LogP contribution in [0.25, 0.3) is 0 Å². The van der Waals surface area contributed by atoms with Crippen molar-refractivity contribution in [2.24, 2.45) is 0 Å². The third kappa shape index (κ3) is 4.16. The van der Waals surface area contributed by atoms with E-state index in [0.717, 1.165) is 16.7 Å². The van der Waals surface area contributed by atoms with Crippen LogP contribution < -0.4 is 0 Å². The number of hydrogen-bond acceptors (Lipinski definition) is 5. The fraction of sp³-hybridized carbons (Fsp3) is 0.409. The van der Waals surface area contributed by atoms with Crippen molar-refractivity contribution in [3.05, 3.63) is 56.9 Å². The summed E-state index contributed by atoms with van der Waals surface area (Å²) in [5.41, 5.74) is 4.76. The average molecular weight is 385 g/mol. The number of aromatic amines is 1. The number of hydrogen-bond donors (Lipinski definition) is 1. The number of H-pyrrole nitrogens is 1. The van der Waals surface area contributed by atoms with Crippen LogP contribution >= 0.6 is 0 Å². The maximum absolute atomic E-state index is 12.8. The number of esters is 2. The number of Topliss-reactive ketones (excluding diaryl/α,β-unsaturated/α-hetero) is 1. The van der Waals surface area contributed by atoms with Gasteiger partial charge in [-0.15, -0.1) is 0 Å². The lowest BCUT2D eigenvalue weighted by molar-refractivity contribution is 0.0315. The number of benzene rings is 1. The molecular formula is C22H27NO5. The normalized spacial score (nSPS) is 11.8. The van der Waals surface area contributed by atoms with Gasteiger partial charge in [0.15, 0.2) is 6.10 Å². The molecule has 6 nitrogen and oxygen atoms in total. The Balaban J connectivity index is 2.25. The lowest BCUT2D eigenvalue weighted by Crippen LogP contribution is -2.26. The van der Waals surface area contributed by atoms with Crippen molar-refractivity contribution >= 4 is 17.7 Å². The largest absolute Gasteiger partial charge is 0.462 e. The third-order valence-corrected chi connectivity index (χ3v) is 4.70. The number of ketones is 1. The summed E-state index contributed by atoms with van der Waals surface area (Å²) >= 11 is 0. The van der Waals surface area contributed by atoms with Crippen molar-refractivity contribution in [3.8, 4) is 0 Å². The molecule has 0 saturated carbocycles. The maximum atomic E-state index is 12.8. The molecule has 1 aromatic heterocycles. The van der Waals surface area contributed by atoms with Crippen LogP contribution in [0.4, 0.5) is 0 Å². The lowest BCUT2D eigenvalue weighted by atomic mass is 10.00. The van der Waals surface area contributed by atoms with E-state index in [2.05, 4.69) is 4.98 Å². The Morgan fingerprint density at radius 1 is 0.964 bits per heavy atom. The first kappa shape index (κ1) is 21.4. The zero-order valence-corrected chi connectivity index (χ0v) is 17.5. The summed E-state index contributed by atoms with van der Waals surface area (Å²) < 4.78 is 10.5. The highest BCUT2D eigenvalue weighted by Gasteiger charge is 2.28. The molecule has 6 heteroatoms. The molecule has 1 aromatic carbocycles. The minimum atomic E-state index is -1.00. The summed E-state index contributed by atoms with van der Waals surface area (Å²) in [5, 5.41) is 0. The Bertz CT molecular complexity index is 916. The van der Waals surface area contributed by atoms with Crippen LogP contribution in [-0.4, -0.2) is 35.4 Å². The second kappa shape index (κ2) is 8.42. The van der Waals surface area contributed by atoms with Crippen molar-refractivity contribution in [1.29, 1.82) is 0 Å². The number of aryl methyl sites for hydroxylation is 4. The van der Waals surface area contributed by atoms with E-state index in [9.17, 15) is 14.4 Å². The summed E-state index contributed by atoms with van der Waals surface area (Å²) in [6.07, 6.45) is -1.00. The van der Waals surface area contributed by atoms with E-state index < -0.39 is 23.8 Å². The highest BCUT2D eigenvalue weighted by molar-refractivity contribution is 6.04. The fourth-order valence-electron chi connectivity index (χ4n) is 3.48. The van der Waals surface area contributed by atoms with E-state index in [-0.39, 0.29) is 12.3 Å². The number of carbonyl (C=O) groups is 3. The topological polar surface area (TPSA) is 85.5 Å². The summed E-state index contributed by atoms with van der Waals surface area (Å²) in [5.74, 6) is -1.42. The van der Waals surface area contributed by atoms with Gasteiger partial charge in [0.05, 0.1) is 23.4 Å². The Morgan fingerprint density at radius 2 is 1.54 bits per heavy atom. The van der Waals surface area contributed by atoms with Crippen molar-refractivity contribution < 1.29 is 23.9 Å². The minimum absolute atomic E-state index is 0.245. The van der Waals surface area contributed by atoms with Gasteiger partial charge in [-0.05, 0) is 65.2 Å². The van der Waals surface area contributed by atoms with E-state index in [4.69, 9.17) is 9.47 Å². The van der Waals surface area contributed by atoms with Gasteiger partial charge in [-0.25, -0.2) is 9.59 Å². The summed E-state index contributed by atoms with van der Waals surface area (Å²) in [4.78, 5) is 40.5. The highest BCUT2D eigenvalue weighted by atomic mass is 16.5. The molecule has 1 atom stereocenters. The van der Waals surface area contributed by atoms with Crippen LogP contribution in [0.5, 0.6) is 0 Å². The predicted molar refractivity (Wildman–Crippen MR) is 106 cm³/mol. The van der Waals surface area contributed by atoms with Crippen LogP contribution in [-0.2, 0) is 9.47 Å². The van der Waals surface area contributed by atoms with Crippen molar-refractivity contribution in [2.75, 3.05) is 6.61 Å². The molecule has 1 heterocycles. The molecule has 0 radical (unpaired) electrons. The molecule has 1 unspecified atom stereocenters. The van der Waals surface area contributed by atoms with E-state index in [1.165, 1.54) is 6.92 Å². The molecule has 150 valence electrons. The van der Waals surface area contributed by atoms with Gasteiger partial charge >= 0.3 is 11.9 Å². The highest BCUT2D eigenvalue weighted by Crippen LogP contribution is 2.22. The van der Waals surface area contributed by atoms with Gasteiger partial charge in [-0.2, -0.15) is 0 Å². The number of aromatic nitrogens is 1. The Labute approximate surface area is 165 Å². The number of ether oxygens (including phenoxy) is 2. The minimum Gasteiger partial charge on any atom is -0.462 e. The molecule has 0 aliphatic rings. The maximum Gasteiger partial charge on any atom is 0.340 e. The molecule has 0 aliphatic heterocycles. The summed E-state index contributed by atoms with van der Waals surface area (Å²) in [7, 11) is 0. The van der Waals surface area contributed by atoms with Gasteiger partial charge in [0.2, 0.25) is 5.78 Å². The van der Waals surface area contributed by atoms with Crippen LogP contribution in [0, 0.1) is 34.6 Å². The molecule has 28 heavy (non-hydrogen) atoms. The molecule has 0 bridgehead atoms. The second-order valence-corrected chi connectivity index (χ2v) is 7.03. The van der Waals surface area contributed by atoms with Crippen molar-refractivity contribution in [1.82, 2.24) is 4.98 Å². The number of carbonyl (C=O) groups excluding carboxylic acids is 3. The van der Waals surface area contributed by atoms with Gasteiger partial charge < -0.3 is 14.5 Å². The van der Waals surface area contributed by atoms with Crippen LogP contribution in [0.2, 0.25) is 0 Å². The van der Waals surface area contributed by atoms with Crippen molar-refractivity contribution in [3.63, 3.8) is 0 Å². The molecule has 0 amide bonds. The molecule has 1 N–H and O–H groups in total. The summed E-state index contributed by atoms with van der Waals surface area (Å²) in [6, 6.07) is 3.81. The summed E-state index contributed by atoms with van der Waals surface area (Å²) in [6.45, 7) is 12.5. The number of rotatable bonds is 6.